The van der Waals surface area contributed by atoms with Gasteiger partial charge in [-0.25, -0.2) is 23.4 Å². The molecule has 17 nitrogen and oxygen atoms in total. The highest BCUT2D eigenvalue weighted by Crippen LogP contribution is 2.33. The molecule has 0 bridgehead atoms. The molecule has 0 atom stereocenters. The third-order valence-corrected chi connectivity index (χ3v) is 9.61. The first-order valence-electron chi connectivity index (χ1n) is 17.4. The molecule has 57 heavy (non-hydrogen) atoms. The summed E-state index contributed by atoms with van der Waals surface area (Å²) in [5.41, 5.74) is 0.439. The van der Waals surface area contributed by atoms with Crippen LogP contribution >= 0.6 is 27.7 Å². The van der Waals surface area contributed by atoms with E-state index in [0.717, 1.165) is 11.6 Å². The monoisotopic (exact) mass is 883 g/mol. The number of carbonyl (C=O) groups excluding carboxylic acids is 3. The summed E-state index contributed by atoms with van der Waals surface area (Å²) >= 11 is 4.67. The van der Waals surface area contributed by atoms with Gasteiger partial charge >= 0.3 is 0 Å². The summed E-state index contributed by atoms with van der Waals surface area (Å²) in [6, 6.07) is 10.1. The van der Waals surface area contributed by atoms with Crippen LogP contribution in [-0.2, 0) is 9.84 Å². The van der Waals surface area contributed by atoms with E-state index < -0.39 is 33.3 Å². The van der Waals surface area contributed by atoms with Crippen LogP contribution in [0.25, 0.3) is 32.7 Å². The predicted molar refractivity (Wildman–Crippen MR) is 222 cm³/mol. The fourth-order valence-electron chi connectivity index (χ4n) is 4.92. The number of halogens is 1. The number of thioether (sulfide) groups is 1. The molecular formula is C37H42BrN9O8S2. The van der Waals surface area contributed by atoms with Gasteiger partial charge in [-0.15, -0.1) is 11.8 Å². The van der Waals surface area contributed by atoms with E-state index in [9.17, 15) is 38.1 Å². The van der Waals surface area contributed by atoms with Crippen LogP contribution in [0.2, 0.25) is 0 Å². The van der Waals surface area contributed by atoms with Crippen molar-refractivity contribution in [2.24, 2.45) is 0 Å². The third-order valence-electron chi connectivity index (χ3n) is 7.29. The number of fused-ring (bicyclic) bond motifs is 3. The Hall–Kier alpha value is -5.73. The maximum atomic E-state index is 11.8. The van der Waals surface area contributed by atoms with Crippen molar-refractivity contribution < 1.29 is 38.1 Å². The van der Waals surface area contributed by atoms with Gasteiger partial charge in [-0.2, -0.15) is 0 Å². The molecule has 0 radical (unpaired) electrons. The average Bonchev–Trinajstić information content (AvgIpc) is 3.21. The summed E-state index contributed by atoms with van der Waals surface area (Å²) < 4.78 is 24.1. The van der Waals surface area contributed by atoms with Crippen LogP contribution < -0.4 is 16.0 Å². The number of nitrogens with zero attached hydrogens (tertiary/aromatic N) is 6. The number of amides is 3. The molecule has 6 aromatic heterocycles. The first-order chi connectivity index (χ1) is 27.2. The molecule has 3 amide bonds. The van der Waals surface area contributed by atoms with Crippen LogP contribution in [0.5, 0.6) is 17.2 Å². The van der Waals surface area contributed by atoms with Crippen LogP contribution in [0, 0.1) is 0 Å². The van der Waals surface area contributed by atoms with Crippen molar-refractivity contribution in [1.82, 2.24) is 45.9 Å². The van der Waals surface area contributed by atoms with E-state index in [2.05, 4.69) is 61.8 Å². The lowest BCUT2D eigenvalue weighted by atomic mass is 10.2. The highest BCUT2D eigenvalue weighted by atomic mass is 79.9. The first kappa shape index (κ1) is 45.7. The molecule has 0 unspecified atom stereocenters. The minimum absolute atomic E-state index is 0.0207. The Balaban J connectivity index is 0.000000225. The average molecular weight is 885 g/mol. The maximum absolute atomic E-state index is 11.8. The van der Waals surface area contributed by atoms with Crippen molar-refractivity contribution in [1.29, 1.82) is 0 Å². The van der Waals surface area contributed by atoms with E-state index in [1.807, 2.05) is 33.1 Å². The fourth-order valence-corrected chi connectivity index (χ4v) is 6.80. The first-order valence-corrected chi connectivity index (χ1v) is 21.3. The normalized spacial score (nSPS) is 10.6. The van der Waals surface area contributed by atoms with Gasteiger partial charge in [0.2, 0.25) is 0 Å². The molecule has 302 valence electrons. The lowest BCUT2D eigenvalue weighted by Crippen LogP contribution is -2.24. The molecule has 0 aromatic carbocycles. The Labute approximate surface area is 341 Å². The highest BCUT2D eigenvalue weighted by Gasteiger charge is 2.24. The van der Waals surface area contributed by atoms with Gasteiger partial charge in [0.25, 0.3) is 17.7 Å². The third kappa shape index (κ3) is 10.8. The lowest BCUT2D eigenvalue weighted by molar-refractivity contribution is 0.0939. The molecule has 0 aliphatic rings. The summed E-state index contributed by atoms with van der Waals surface area (Å²) in [4.78, 5) is 59.4. The summed E-state index contributed by atoms with van der Waals surface area (Å²) in [7, 11) is -3.66. The SMILES string of the molecule is CC.CCNC(=O)c1nc(Br)c2cccnc2c1O.CCNC(=O)c1nc(S(C)(=O)=O)c2cccnc2c1O.CCNC(=O)c1nc(SC)c2cccnc2c1O. The van der Waals surface area contributed by atoms with E-state index >= 15 is 0 Å². The van der Waals surface area contributed by atoms with E-state index in [-0.39, 0.29) is 44.5 Å². The number of hydrogen-bond donors (Lipinski definition) is 6. The molecule has 0 saturated carbocycles. The molecule has 0 aliphatic carbocycles. The number of aromatic nitrogens is 6. The molecule has 6 rings (SSSR count). The number of rotatable bonds is 8. The molecule has 0 fully saturated rings. The number of sulfone groups is 1. The topological polar surface area (TPSA) is 259 Å². The molecule has 0 aliphatic heterocycles. The minimum Gasteiger partial charge on any atom is -0.504 e. The molecule has 20 heteroatoms. The van der Waals surface area contributed by atoms with Crippen molar-refractivity contribution in [2.45, 2.75) is 44.7 Å². The number of aromatic hydroxyl groups is 3. The van der Waals surface area contributed by atoms with Crippen LogP contribution in [0.3, 0.4) is 0 Å². The summed E-state index contributed by atoms with van der Waals surface area (Å²) in [5.74, 6) is -2.26. The zero-order chi connectivity index (χ0) is 42.4. The highest BCUT2D eigenvalue weighted by molar-refractivity contribution is 9.10. The van der Waals surface area contributed by atoms with Crippen molar-refractivity contribution in [3.05, 3.63) is 76.7 Å². The molecule has 0 spiro atoms. The van der Waals surface area contributed by atoms with Crippen LogP contribution in [0.4, 0.5) is 0 Å². The number of carbonyl (C=O) groups is 3. The van der Waals surface area contributed by atoms with Crippen molar-refractivity contribution in [2.75, 3.05) is 32.1 Å². The van der Waals surface area contributed by atoms with Gasteiger partial charge in [0, 0.05) is 60.6 Å². The van der Waals surface area contributed by atoms with Crippen LogP contribution in [0.1, 0.15) is 66.1 Å². The van der Waals surface area contributed by atoms with E-state index in [1.165, 1.54) is 30.1 Å². The summed E-state index contributed by atoms with van der Waals surface area (Å²) in [5, 5.41) is 39.8. The second kappa shape index (κ2) is 21.0. The van der Waals surface area contributed by atoms with Gasteiger partial charge < -0.3 is 31.3 Å². The minimum atomic E-state index is -3.66. The zero-order valence-electron chi connectivity index (χ0n) is 32.1. The zero-order valence-corrected chi connectivity index (χ0v) is 35.3. The molecule has 6 aromatic rings. The standard InChI is InChI=1S/C12H13N3O4S.C12H13N3O2S.C11H10BrN3O2.C2H6/c1-3-13-11(17)9-10(16)8-7(5-4-6-14-8)12(15-9)20(2,18)19;1-3-13-11(17)9-10(16)8-7(5-4-6-14-8)12(15-9)18-2;1-2-13-11(17)8-9(16)7-6(10(12)15-8)4-3-5-14-7;1-2/h4-6,16H,3H2,1-2H3,(H,13,17);4-6,16H,3H2,1-2H3,(H,13,17);3-5,16H,2H2,1H3,(H,13,17);1-2H3. The second-order valence-corrected chi connectivity index (χ2v) is 14.6. The Kier molecular flexibility index (Phi) is 16.8. The van der Waals surface area contributed by atoms with Crippen molar-refractivity contribution in [3.63, 3.8) is 0 Å². The number of pyridine rings is 6. The van der Waals surface area contributed by atoms with Gasteiger partial charge in [-0.1, -0.05) is 13.8 Å². The van der Waals surface area contributed by atoms with Crippen LogP contribution in [-0.4, -0.2) is 104 Å². The van der Waals surface area contributed by atoms with Crippen LogP contribution in [0.15, 0.2) is 69.6 Å². The number of nitrogens with one attached hydrogen (secondary N) is 3. The molecule has 6 heterocycles. The lowest BCUT2D eigenvalue weighted by Gasteiger charge is -2.09. The Morgan fingerprint density at radius 2 is 1.02 bits per heavy atom. The Morgan fingerprint density at radius 3 is 1.44 bits per heavy atom. The molecule has 0 saturated heterocycles. The predicted octanol–water partition coefficient (Wildman–Crippen LogP) is 5.17. The van der Waals surface area contributed by atoms with Crippen molar-refractivity contribution in [3.8, 4) is 17.2 Å². The second-order valence-electron chi connectivity index (χ2n) is 11.1. The smallest absolute Gasteiger partial charge is 0.273 e. The van der Waals surface area contributed by atoms with E-state index in [1.54, 1.807) is 44.4 Å². The van der Waals surface area contributed by atoms with Gasteiger partial charge in [-0.3, -0.25) is 29.3 Å². The Bertz CT molecular complexity index is 2530. The van der Waals surface area contributed by atoms with E-state index in [4.69, 9.17) is 0 Å². The molecular weight excluding hydrogens is 842 g/mol. The van der Waals surface area contributed by atoms with Gasteiger partial charge in [0.15, 0.2) is 49.2 Å². The van der Waals surface area contributed by atoms with Gasteiger partial charge in [0.1, 0.15) is 26.2 Å². The Morgan fingerprint density at radius 1 is 0.649 bits per heavy atom. The fraction of sp³-hybridized carbons (Fsp3) is 0.270. The number of hydrogen-bond acceptors (Lipinski definition) is 15. The quantitative estimate of drug-likeness (QED) is 0.0851. The van der Waals surface area contributed by atoms with Crippen molar-refractivity contribution >= 4 is 88.0 Å². The van der Waals surface area contributed by atoms with Gasteiger partial charge in [0.05, 0.1) is 0 Å². The summed E-state index contributed by atoms with van der Waals surface area (Å²) in [6.07, 6.45) is 7.38. The largest absolute Gasteiger partial charge is 0.504 e. The molecule has 6 N–H and O–H groups in total. The van der Waals surface area contributed by atoms with Gasteiger partial charge in [-0.05, 0) is 79.4 Å². The maximum Gasteiger partial charge on any atom is 0.273 e. The summed E-state index contributed by atoms with van der Waals surface area (Å²) in [6.45, 7) is 10.6. The van der Waals surface area contributed by atoms with E-state index in [0.29, 0.717) is 45.7 Å².